The van der Waals surface area contributed by atoms with Gasteiger partial charge < -0.3 is 20.1 Å². The topological polar surface area (TPSA) is 85.4 Å². The monoisotopic (exact) mass is 392 g/mol. The zero-order valence-electron chi connectivity index (χ0n) is 16.9. The van der Waals surface area contributed by atoms with Crippen LogP contribution in [-0.4, -0.2) is 30.1 Å². The molecule has 0 spiro atoms. The summed E-state index contributed by atoms with van der Waals surface area (Å²) < 4.78 is 10.5. The van der Waals surface area contributed by atoms with Crippen molar-refractivity contribution in [2.24, 2.45) is 0 Å². The highest BCUT2D eigenvalue weighted by Crippen LogP contribution is 2.30. The van der Waals surface area contributed by atoms with Gasteiger partial charge in [0.05, 0.1) is 14.2 Å². The quantitative estimate of drug-likeness (QED) is 0.621. The van der Waals surface area contributed by atoms with Crippen LogP contribution in [-0.2, 0) is 6.42 Å². The van der Waals surface area contributed by atoms with E-state index < -0.39 is 0 Å². The Morgan fingerprint density at radius 2 is 1.83 bits per heavy atom. The summed E-state index contributed by atoms with van der Waals surface area (Å²) in [7, 11) is 3.10. The summed E-state index contributed by atoms with van der Waals surface area (Å²) in [5, 5.41) is 6.13. The SMILES string of the molecule is CCc1cccc(C)c1Nc1cc(C(=O)Nc2ccc(OC)c(OC)c2)ncn1. The second-order valence-corrected chi connectivity index (χ2v) is 6.40. The zero-order chi connectivity index (χ0) is 20.8. The predicted molar refractivity (Wildman–Crippen MR) is 113 cm³/mol. The van der Waals surface area contributed by atoms with Gasteiger partial charge in [-0.3, -0.25) is 4.79 Å². The molecule has 0 aliphatic carbocycles. The summed E-state index contributed by atoms with van der Waals surface area (Å²) in [6, 6.07) is 12.9. The molecular weight excluding hydrogens is 368 g/mol. The molecule has 1 heterocycles. The fourth-order valence-electron chi connectivity index (χ4n) is 2.99. The van der Waals surface area contributed by atoms with Crippen LogP contribution in [0.25, 0.3) is 0 Å². The van der Waals surface area contributed by atoms with Crippen molar-refractivity contribution < 1.29 is 14.3 Å². The van der Waals surface area contributed by atoms with Crippen molar-refractivity contribution in [2.75, 3.05) is 24.9 Å². The minimum Gasteiger partial charge on any atom is -0.493 e. The van der Waals surface area contributed by atoms with Gasteiger partial charge in [-0.15, -0.1) is 0 Å². The molecule has 7 nitrogen and oxygen atoms in total. The average Bonchev–Trinajstić information content (AvgIpc) is 2.75. The molecule has 0 saturated heterocycles. The first-order valence-electron chi connectivity index (χ1n) is 9.26. The number of nitrogens with one attached hydrogen (secondary N) is 2. The minimum absolute atomic E-state index is 0.254. The van der Waals surface area contributed by atoms with Crippen molar-refractivity contribution in [3.8, 4) is 11.5 Å². The van der Waals surface area contributed by atoms with Gasteiger partial charge in [0, 0.05) is 23.5 Å². The molecule has 0 atom stereocenters. The van der Waals surface area contributed by atoms with E-state index in [0.717, 1.165) is 17.7 Å². The Hall–Kier alpha value is -3.61. The summed E-state index contributed by atoms with van der Waals surface area (Å²) in [6.07, 6.45) is 2.26. The molecular formula is C22H24N4O3. The molecule has 3 aromatic rings. The third-order valence-electron chi connectivity index (χ3n) is 4.53. The van der Waals surface area contributed by atoms with E-state index in [2.05, 4.69) is 33.6 Å². The van der Waals surface area contributed by atoms with Gasteiger partial charge in [-0.2, -0.15) is 0 Å². The number of amides is 1. The molecule has 0 bridgehead atoms. The molecule has 0 unspecified atom stereocenters. The van der Waals surface area contributed by atoms with Gasteiger partial charge in [0.2, 0.25) is 0 Å². The molecule has 150 valence electrons. The summed E-state index contributed by atoms with van der Waals surface area (Å²) in [5.74, 6) is 1.33. The van der Waals surface area contributed by atoms with Gasteiger partial charge in [-0.1, -0.05) is 25.1 Å². The number of para-hydroxylation sites is 1. The summed E-state index contributed by atoms with van der Waals surface area (Å²) in [6.45, 7) is 4.13. The number of ether oxygens (including phenoxy) is 2. The first-order chi connectivity index (χ1) is 14.0. The van der Waals surface area contributed by atoms with Crippen molar-refractivity contribution >= 4 is 23.1 Å². The molecule has 7 heteroatoms. The van der Waals surface area contributed by atoms with Gasteiger partial charge in [0.25, 0.3) is 5.91 Å². The smallest absolute Gasteiger partial charge is 0.274 e. The molecule has 1 aromatic heterocycles. The van der Waals surface area contributed by atoms with Crippen molar-refractivity contribution in [3.63, 3.8) is 0 Å². The fourth-order valence-corrected chi connectivity index (χ4v) is 2.99. The molecule has 0 radical (unpaired) electrons. The minimum atomic E-state index is -0.344. The lowest BCUT2D eigenvalue weighted by atomic mass is 10.1. The van der Waals surface area contributed by atoms with Crippen LogP contribution < -0.4 is 20.1 Å². The highest BCUT2D eigenvalue weighted by molar-refractivity contribution is 6.03. The van der Waals surface area contributed by atoms with Crippen LogP contribution in [0.2, 0.25) is 0 Å². The number of aromatic nitrogens is 2. The van der Waals surface area contributed by atoms with Crippen LogP contribution >= 0.6 is 0 Å². The standard InChI is InChI=1S/C22H24N4O3/c1-5-15-8-6-7-14(2)21(15)26-20-12-17(23-13-24-20)22(27)25-16-9-10-18(28-3)19(11-16)29-4/h6-13H,5H2,1-4H3,(H,25,27)(H,23,24,26). The molecule has 0 fully saturated rings. The van der Waals surface area contributed by atoms with E-state index in [4.69, 9.17) is 9.47 Å². The van der Waals surface area contributed by atoms with Crippen LogP contribution in [0, 0.1) is 6.92 Å². The van der Waals surface area contributed by atoms with Gasteiger partial charge in [0.1, 0.15) is 17.8 Å². The lowest BCUT2D eigenvalue weighted by Gasteiger charge is -2.14. The van der Waals surface area contributed by atoms with Crippen LogP contribution in [0.4, 0.5) is 17.2 Å². The Kier molecular flexibility index (Phi) is 6.29. The number of hydrogen-bond donors (Lipinski definition) is 2. The van der Waals surface area contributed by atoms with Crippen molar-refractivity contribution in [1.82, 2.24) is 9.97 Å². The Bertz CT molecular complexity index is 1020. The highest BCUT2D eigenvalue weighted by atomic mass is 16.5. The maximum Gasteiger partial charge on any atom is 0.274 e. The van der Waals surface area contributed by atoms with Crippen LogP contribution in [0.15, 0.2) is 48.8 Å². The normalized spacial score (nSPS) is 10.3. The number of carbonyl (C=O) groups is 1. The van der Waals surface area contributed by atoms with Crippen molar-refractivity contribution in [2.45, 2.75) is 20.3 Å². The largest absolute Gasteiger partial charge is 0.493 e. The first-order valence-corrected chi connectivity index (χ1v) is 9.26. The molecule has 0 aliphatic rings. The molecule has 2 aromatic carbocycles. The van der Waals surface area contributed by atoms with Crippen LogP contribution in [0.5, 0.6) is 11.5 Å². The first kappa shape index (κ1) is 20.1. The summed E-state index contributed by atoms with van der Waals surface area (Å²) in [4.78, 5) is 21.0. The van der Waals surface area contributed by atoms with E-state index in [1.165, 1.54) is 11.9 Å². The lowest BCUT2D eigenvalue weighted by Crippen LogP contribution is -2.14. The highest BCUT2D eigenvalue weighted by Gasteiger charge is 2.13. The summed E-state index contributed by atoms with van der Waals surface area (Å²) in [5.41, 5.74) is 4.12. The van der Waals surface area contributed by atoms with Crippen molar-refractivity contribution in [1.29, 1.82) is 0 Å². The van der Waals surface area contributed by atoms with E-state index >= 15 is 0 Å². The van der Waals surface area contributed by atoms with Gasteiger partial charge in [0.15, 0.2) is 11.5 Å². The predicted octanol–water partition coefficient (Wildman–Crippen LogP) is 4.36. The third-order valence-corrected chi connectivity index (χ3v) is 4.53. The average molecular weight is 392 g/mol. The maximum atomic E-state index is 12.7. The van der Waals surface area contributed by atoms with E-state index in [1.807, 2.05) is 19.1 Å². The van der Waals surface area contributed by atoms with Crippen LogP contribution in [0.1, 0.15) is 28.5 Å². The number of anilines is 3. The molecule has 1 amide bonds. The molecule has 2 N–H and O–H groups in total. The van der Waals surface area contributed by atoms with Gasteiger partial charge in [-0.05, 0) is 36.6 Å². The van der Waals surface area contributed by atoms with Crippen LogP contribution in [0.3, 0.4) is 0 Å². The summed E-state index contributed by atoms with van der Waals surface area (Å²) >= 11 is 0. The van der Waals surface area contributed by atoms with Crippen molar-refractivity contribution in [3.05, 3.63) is 65.6 Å². The molecule has 0 saturated carbocycles. The number of methoxy groups -OCH3 is 2. The number of hydrogen-bond acceptors (Lipinski definition) is 6. The second-order valence-electron chi connectivity index (χ2n) is 6.40. The Morgan fingerprint density at radius 3 is 2.55 bits per heavy atom. The maximum absolute atomic E-state index is 12.7. The lowest BCUT2D eigenvalue weighted by molar-refractivity contribution is 0.102. The molecule has 0 aliphatic heterocycles. The zero-order valence-corrected chi connectivity index (χ0v) is 16.9. The second kappa shape index (κ2) is 9.05. The Labute approximate surface area is 170 Å². The number of carbonyl (C=O) groups excluding carboxylic acids is 1. The van der Waals surface area contributed by atoms with E-state index in [9.17, 15) is 4.79 Å². The number of aryl methyl sites for hydroxylation is 2. The Morgan fingerprint density at radius 1 is 1.03 bits per heavy atom. The molecule has 3 rings (SSSR count). The molecule has 29 heavy (non-hydrogen) atoms. The number of benzene rings is 2. The van der Waals surface area contributed by atoms with E-state index in [1.54, 1.807) is 38.5 Å². The Balaban J connectivity index is 1.80. The third kappa shape index (κ3) is 4.63. The van der Waals surface area contributed by atoms with E-state index in [-0.39, 0.29) is 11.6 Å². The van der Waals surface area contributed by atoms with Gasteiger partial charge in [-0.25, -0.2) is 9.97 Å². The number of nitrogens with zero attached hydrogens (tertiary/aromatic N) is 2. The van der Waals surface area contributed by atoms with E-state index in [0.29, 0.717) is 23.0 Å². The fraction of sp³-hybridized carbons (Fsp3) is 0.227. The van der Waals surface area contributed by atoms with Gasteiger partial charge >= 0.3 is 0 Å². The number of rotatable bonds is 7.